The molecule has 3 N–H and O–H groups in total. The van der Waals surface area contributed by atoms with Crippen LogP contribution < -0.4 is 11.1 Å². The largest absolute Gasteiger partial charge is 0.393 e. The van der Waals surface area contributed by atoms with Crippen molar-refractivity contribution < 1.29 is 0 Å². The third kappa shape index (κ3) is 1.47. The number of nitrogens with one attached hydrogen (secondary N) is 1. The van der Waals surface area contributed by atoms with Gasteiger partial charge in [0.25, 0.3) is 0 Å². The van der Waals surface area contributed by atoms with E-state index in [1.54, 1.807) is 0 Å². The van der Waals surface area contributed by atoms with Gasteiger partial charge in [0, 0.05) is 12.0 Å². The van der Waals surface area contributed by atoms with Gasteiger partial charge in [-0.05, 0) is 19.9 Å². The lowest BCUT2D eigenvalue weighted by molar-refractivity contribution is 0.521. The van der Waals surface area contributed by atoms with Crippen molar-refractivity contribution in [2.24, 2.45) is 11.7 Å². The highest BCUT2D eigenvalue weighted by Gasteiger charge is 2.27. The van der Waals surface area contributed by atoms with Gasteiger partial charge in [0.15, 0.2) is 0 Å². The van der Waals surface area contributed by atoms with E-state index in [1.165, 1.54) is 19.3 Å². The molecule has 3 heteroatoms. The van der Waals surface area contributed by atoms with Crippen molar-refractivity contribution in [3.8, 4) is 0 Å². The maximum atomic E-state index is 5.56. The Morgan fingerprint density at radius 2 is 2.30 bits per heavy atom. The van der Waals surface area contributed by atoms with Gasteiger partial charge >= 0.3 is 0 Å². The molecule has 0 amide bonds. The van der Waals surface area contributed by atoms with Gasteiger partial charge < -0.3 is 11.1 Å². The third-order valence-corrected chi connectivity index (χ3v) is 2.55. The van der Waals surface area contributed by atoms with E-state index in [0.717, 1.165) is 0 Å². The van der Waals surface area contributed by atoms with Crippen molar-refractivity contribution in [2.75, 3.05) is 7.05 Å². The lowest BCUT2D eigenvalue weighted by atomic mass is 10.0. The molecule has 2 unspecified atom stereocenters. The predicted octanol–water partition coefficient (Wildman–Crippen LogP) is 0.661. The van der Waals surface area contributed by atoms with Crippen LogP contribution in [0, 0.1) is 5.92 Å². The van der Waals surface area contributed by atoms with Gasteiger partial charge in [-0.15, -0.1) is 0 Å². The molecule has 0 radical (unpaired) electrons. The Morgan fingerprint density at radius 1 is 1.60 bits per heavy atom. The Morgan fingerprint density at radius 3 is 2.70 bits per heavy atom. The van der Waals surface area contributed by atoms with E-state index in [4.69, 9.17) is 18.0 Å². The summed E-state index contributed by atoms with van der Waals surface area (Å²) in [6, 6.07) is 0.539. The summed E-state index contributed by atoms with van der Waals surface area (Å²) in [5, 5.41) is 3.23. The second-order valence-electron chi connectivity index (χ2n) is 2.83. The number of hydrogen-bond acceptors (Lipinski definition) is 2. The molecular formula is C7H14N2S. The molecule has 0 aromatic heterocycles. The molecule has 2 atom stereocenters. The number of hydrogen-bond donors (Lipinski definition) is 2. The average Bonchev–Trinajstić information content (AvgIpc) is 2.33. The molecule has 2 nitrogen and oxygen atoms in total. The van der Waals surface area contributed by atoms with Crippen molar-refractivity contribution in [1.82, 2.24) is 5.32 Å². The second-order valence-corrected chi connectivity index (χ2v) is 3.31. The summed E-state index contributed by atoms with van der Waals surface area (Å²) in [7, 11) is 1.97. The lowest BCUT2D eigenvalue weighted by Gasteiger charge is -2.16. The topological polar surface area (TPSA) is 38.0 Å². The SMILES string of the molecule is CNC1CCCC1C(N)=S. The van der Waals surface area contributed by atoms with Crippen LogP contribution in [0.2, 0.25) is 0 Å². The van der Waals surface area contributed by atoms with Crippen LogP contribution in [0.3, 0.4) is 0 Å². The summed E-state index contributed by atoms with van der Waals surface area (Å²) in [4.78, 5) is 0.678. The molecule has 0 bridgehead atoms. The quantitative estimate of drug-likeness (QED) is 0.580. The fourth-order valence-electron chi connectivity index (χ4n) is 1.65. The highest BCUT2D eigenvalue weighted by atomic mass is 32.1. The molecule has 0 aromatic carbocycles. The van der Waals surface area contributed by atoms with Crippen LogP contribution in [0.1, 0.15) is 19.3 Å². The van der Waals surface area contributed by atoms with Gasteiger partial charge in [-0.1, -0.05) is 18.6 Å². The van der Waals surface area contributed by atoms with Crippen LogP contribution in [-0.2, 0) is 0 Å². The maximum absolute atomic E-state index is 5.56. The Hall–Kier alpha value is -0.150. The molecule has 58 valence electrons. The minimum atomic E-state index is 0.444. The van der Waals surface area contributed by atoms with Crippen LogP contribution in [0.25, 0.3) is 0 Å². The molecule has 1 aliphatic rings. The zero-order chi connectivity index (χ0) is 7.56. The number of nitrogens with two attached hydrogens (primary N) is 1. The van der Waals surface area contributed by atoms with Gasteiger partial charge in [-0.25, -0.2) is 0 Å². The van der Waals surface area contributed by atoms with Crippen LogP contribution >= 0.6 is 12.2 Å². The van der Waals surface area contributed by atoms with E-state index in [1.807, 2.05) is 7.05 Å². The Bertz CT molecular complexity index is 136. The molecule has 0 spiro atoms. The van der Waals surface area contributed by atoms with E-state index in [2.05, 4.69) is 5.32 Å². The van der Waals surface area contributed by atoms with Crippen molar-refractivity contribution in [2.45, 2.75) is 25.3 Å². The summed E-state index contributed by atoms with van der Waals surface area (Å²) in [6.45, 7) is 0. The van der Waals surface area contributed by atoms with Gasteiger partial charge in [0.1, 0.15) is 0 Å². The minimum absolute atomic E-state index is 0.444. The molecular weight excluding hydrogens is 144 g/mol. The van der Waals surface area contributed by atoms with E-state index < -0.39 is 0 Å². The minimum Gasteiger partial charge on any atom is -0.393 e. The average molecular weight is 158 g/mol. The summed E-state index contributed by atoms with van der Waals surface area (Å²) >= 11 is 4.94. The Labute approximate surface area is 67.2 Å². The first kappa shape index (κ1) is 7.95. The maximum Gasteiger partial charge on any atom is 0.0774 e. The molecule has 1 aliphatic carbocycles. The van der Waals surface area contributed by atoms with Crippen molar-refractivity contribution >= 4 is 17.2 Å². The van der Waals surface area contributed by atoms with Crippen LogP contribution in [0.15, 0.2) is 0 Å². The third-order valence-electron chi connectivity index (χ3n) is 2.25. The molecule has 0 saturated heterocycles. The first-order valence-corrected chi connectivity index (χ1v) is 4.13. The summed E-state index contributed by atoms with van der Waals surface area (Å²) < 4.78 is 0. The van der Waals surface area contributed by atoms with Crippen molar-refractivity contribution in [3.05, 3.63) is 0 Å². The van der Waals surface area contributed by atoms with E-state index in [9.17, 15) is 0 Å². The fraction of sp³-hybridized carbons (Fsp3) is 0.857. The Kier molecular flexibility index (Phi) is 2.63. The first-order valence-electron chi connectivity index (χ1n) is 3.72. The van der Waals surface area contributed by atoms with Crippen LogP contribution in [0.5, 0.6) is 0 Å². The fourth-order valence-corrected chi connectivity index (χ4v) is 1.93. The molecule has 1 saturated carbocycles. The van der Waals surface area contributed by atoms with Crippen LogP contribution in [0.4, 0.5) is 0 Å². The monoisotopic (exact) mass is 158 g/mol. The Balaban J connectivity index is 2.50. The predicted molar refractivity (Wildman–Crippen MR) is 47.0 cm³/mol. The van der Waals surface area contributed by atoms with E-state index in [0.29, 0.717) is 16.9 Å². The zero-order valence-corrected chi connectivity index (χ0v) is 7.08. The summed E-state index contributed by atoms with van der Waals surface area (Å²) in [6.07, 6.45) is 3.65. The molecule has 1 rings (SSSR count). The standard InChI is InChI=1S/C7H14N2S/c1-9-6-4-2-3-5(6)7(8)10/h5-6,9H,2-4H2,1H3,(H2,8,10). The van der Waals surface area contributed by atoms with E-state index in [-0.39, 0.29) is 0 Å². The number of thiocarbonyl (C=S) groups is 1. The van der Waals surface area contributed by atoms with Gasteiger partial charge in [-0.3, -0.25) is 0 Å². The van der Waals surface area contributed by atoms with Gasteiger partial charge in [0.05, 0.1) is 4.99 Å². The van der Waals surface area contributed by atoms with Crippen molar-refractivity contribution in [1.29, 1.82) is 0 Å². The number of rotatable bonds is 2. The molecule has 10 heavy (non-hydrogen) atoms. The highest BCUT2D eigenvalue weighted by Crippen LogP contribution is 2.25. The van der Waals surface area contributed by atoms with Crippen molar-refractivity contribution in [3.63, 3.8) is 0 Å². The normalized spacial score (nSPS) is 32.5. The first-order chi connectivity index (χ1) is 4.75. The summed E-state index contributed by atoms with van der Waals surface area (Å²) in [5.41, 5.74) is 5.56. The molecule has 0 heterocycles. The molecule has 0 aliphatic heterocycles. The zero-order valence-electron chi connectivity index (χ0n) is 6.26. The lowest BCUT2D eigenvalue weighted by Crippen LogP contribution is -2.36. The van der Waals surface area contributed by atoms with E-state index >= 15 is 0 Å². The van der Waals surface area contributed by atoms with Gasteiger partial charge in [-0.2, -0.15) is 0 Å². The molecule has 1 fully saturated rings. The van der Waals surface area contributed by atoms with Crippen LogP contribution in [-0.4, -0.2) is 18.1 Å². The second kappa shape index (κ2) is 3.30. The summed E-state index contributed by atoms with van der Waals surface area (Å²) in [5.74, 6) is 0.444. The molecule has 0 aromatic rings. The van der Waals surface area contributed by atoms with Gasteiger partial charge in [0.2, 0.25) is 0 Å². The smallest absolute Gasteiger partial charge is 0.0774 e. The highest BCUT2D eigenvalue weighted by molar-refractivity contribution is 7.80.